The number of ether oxygens (including phenoxy) is 3. The number of hydrogen-bond acceptors (Lipinski definition) is 5. The maximum atomic E-state index is 12.5. The van der Waals surface area contributed by atoms with Crippen LogP contribution in [-0.2, 0) is 20.9 Å². The van der Waals surface area contributed by atoms with Crippen LogP contribution in [0.5, 0.6) is 11.5 Å². The maximum Gasteiger partial charge on any atom is 0.231 e. The molecule has 2 amide bonds. The minimum atomic E-state index is -0.0174. The second-order valence-electron chi connectivity index (χ2n) is 7.83. The van der Waals surface area contributed by atoms with Crippen molar-refractivity contribution >= 4 is 11.8 Å². The number of fused-ring (bicyclic) bond motifs is 1. The monoisotopic (exact) mass is 388 g/mol. The van der Waals surface area contributed by atoms with Gasteiger partial charge in [-0.15, -0.1) is 0 Å². The number of amides is 2. The van der Waals surface area contributed by atoms with Gasteiger partial charge in [0.05, 0.1) is 6.10 Å². The lowest BCUT2D eigenvalue weighted by molar-refractivity contribution is -0.130. The summed E-state index contributed by atoms with van der Waals surface area (Å²) in [6, 6.07) is 5.70. The number of carbonyl (C=O) groups is 2. The summed E-state index contributed by atoms with van der Waals surface area (Å²) >= 11 is 0. The molecule has 1 aliphatic carbocycles. The Bertz CT molecular complexity index is 709. The van der Waals surface area contributed by atoms with Gasteiger partial charge in [0, 0.05) is 31.5 Å². The van der Waals surface area contributed by atoms with Crippen LogP contribution < -0.4 is 20.1 Å². The Morgan fingerprint density at radius 2 is 1.64 bits per heavy atom. The lowest BCUT2D eigenvalue weighted by Gasteiger charge is -2.27. The van der Waals surface area contributed by atoms with Gasteiger partial charge in [-0.1, -0.05) is 6.07 Å². The van der Waals surface area contributed by atoms with Crippen LogP contribution in [0.15, 0.2) is 18.2 Å². The average Bonchev–Trinajstić information content (AvgIpc) is 3.41. The summed E-state index contributed by atoms with van der Waals surface area (Å²) < 4.78 is 16.2. The zero-order valence-electron chi connectivity index (χ0n) is 16.1. The van der Waals surface area contributed by atoms with Crippen LogP contribution in [0.3, 0.4) is 0 Å². The molecule has 1 atom stereocenters. The first-order valence-corrected chi connectivity index (χ1v) is 10.2. The summed E-state index contributed by atoms with van der Waals surface area (Å²) in [5.74, 6) is 1.63. The Hall–Kier alpha value is -2.28. The molecular weight excluding hydrogens is 360 g/mol. The fraction of sp³-hybridized carbons (Fsp3) is 0.619. The third-order valence-electron chi connectivity index (χ3n) is 5.90. The number of benzene rings is 1. The molecule has 1 aromatic carbocycles. The summed E-state index contributed by atoms with van der Waals surface area (Å²) in [7, 11) is 0. The molecule has 7 heteroatoms. The lowest BCUT2D eigenvalue weighted by atomic mass is 9.81. The fourth-order valence-corrected chi connectivity index (χ4v) is 4.17. The van der Waals surface area contributed by atoms with Crippen molar-refractivity contribution in [3.63, 3.8) is 0 Å². The molecule has 1 saturated carbocycles. The second kappa shape index (κ2) is 8.82. The molecule has 2 fully saturated rings. The minimum Gasteiger partial charge on any atom is -0.454 e. The highest BCUT2D eigenvalue weighted by atomic mass is 16.7. The van der Waals surface area contributed by atoms with Crippen LogP contribution >= 0.6 is 0 Å². The van der Waals surface area contributed by atoms with Gasteiger partial charge in [0.15, 0.2) is 11.5 Å². The van der Waals surface area contributed by atoms with E-state index in [1.54, 1.807) is 0 Å². The maximum absolute atomic E-state index is 12.5. The molecule has 0 aromatic heterocycles. The van der Waals surface area contributed by atoms with Crippen molar-refractivity contribution in [3.8, 4) is 11.5 Å². The lowest BCUT2D eigenvalue weighted by Crippen LogP contribution is -2.39. The Morgan fingerprint density at radius 3 is 2.36 bits per heavy atom. The van der Waals surface area contributed by atoms with Gasteiger partial charge in [-0.25, -0.2) is 0 Å². The predicted molar refractivity (Wildman–Crippen MR) is 102 cm³/mol. The first kappa shape index (κ1) is 19.1. The summed E-state index contributed by atoms with van der Waals surface area (Å²) in [4.78, 5) is 24.8. The Kier molecular flexibility index (Phi) is 6.00. The van der Waals surface area contributed by atoms with Crippen molar-refractivity contribution in [1.82, 2.24) is 10.6 Å². The zero-order valence-corrected chi connectivity index (χ0v) is 16.1. The molecule has 1 saturated heterocycles. The largest absolute Gasteiger partial charge is 0.454 e. The summed E-state index contributed by atoms with van der Waals surface area (Å²) in [6.45, 7) is 2.12. The van der Waals surface area contributed by atoms with E-state index in [1.807, 2.05) is 18.2 Å². The Balaban J connectivity index is 1.18. The minimum absolute atomic E-state index is 0.0133. The third kappa shape index (κ3) is 4.58. The third-order valence-corrected chi connectivity index (χ3v) is 5.90. The van der Waals surface area contributed by atoms with Gasteiger partial charge >= 0.3 is 0 Å². The molecule has 0 bridgehead atoms. The van der Waals surface area contributed by atoms with Gasteiger partial charge in [0.2, 0.25) is 18.6 Å². The molecule has 2 N–H and O–H groups in total. The summed E-state index contributed by atoms with van der Waals surface area (Å²) in [5.41, 5.74) is 0.986. The molecule has 0 spiro atoms. The SMILES string of the molecule is O=C(NCc1ccc2c(c1)OCO2)C1CCC(C(=O)NCC2CCCO2)CC1. The Labute approximate surface area is 165 Å². The molecule has 0 radical (unpaired) electrons. The van der Waals surface area contributed by atoms with Crippen molar-refractivity contribution in [2.24, 2.45) is 11.8 Å². The number of nitrogens with one attached hydrogen (secondary N) is 2. The quantitative estimate of drug-likeness (QED) is 0.780. The van der Waals surface area contributed by atoms with E-state index >= 15 is 0 Å². The summed E-state index contributed by atoms with van der Waals surface area (Å²) in [5, 5.41) is 6.03. The number of rotatable bonds is 6. The van der Waals surface area contributed by atoms with Crippen molar-refractivity contribution < 1.29 is 23.8 Å². The molecule has 7 nitrogen and oxygen atoms in total. The van der Waals surface area contributed by atoms with E-state index in [0.717, 1.165) is 62.2 Å². The molecule has 2 heterocycles. The molecule has 28 heavy (non-hydrogen) atoms. The van der Waals surface area contributed by atoms with Crippen molar-refractivity contribution in [1.29, 1.82) is 0 Å². The van der Waals surface area contributed by atoms with Crippen LogP contribution in [0, 0.1) is 11.8 Å². The van der Waals surface area contributed by atoms with E-state index in [4.69, 9.17) is 14.2 Å². The van der Waals surface area contributed by atoms with E-state index < -0.39 is 0 Å². The van der Waals surface area contributed by atoms with Crippen molar-refractivity contribution in [3.05, 3.63) is 23.8 Å². The van der Waals surface area contributed by atoms with Gasteiger partial charge in [0.1, 0.15) is 0 Å². The normalized spacial score (nSPS) is 26.1. The van der Waals surface area contributed by atoms with Gasteiger partial charge in [-0.2, -0.15) is 0 Å². The highest BCUT2D eigenvalue weighted by Gasteiger charge is 2.30. The number of carbonyl (C=O) groups excluding carboxylic acids is 2. The molecule has 3 aliphatic rings. The second-order valence-corrected chi connectivity index (χ2v) is 7.83. The first-order valence-electron chi connectivity index (χ1n) is 10.2. The van der Waals surface area contributed by atoms with Gasteiger partial charge in [-0.3, -0.25) is 9.59 Å². The van der Waals surface area contributed by atoms with Crippen LogP contribution in [0.25, 0.3) is 0 Å². The van der Waals surface area contributed by atoms with Gasteiger partial charge in [-0.05, 0) is 56.2 Å². The molecule has 4 rings (SSSR count). The van der Waals surface area contributed by atoms with Crippen molar-refractivity contribution in [2.45, 2.75) is 51.2 Å². The van der Waals surface area contributed by atoms with E-state index in [1.165, 1.54) is 0 Å². The van der Waals surface area contributed by atoms with Gasteiger partial charge < -0.3 is 24.8 Å². The van der Waals surface area contributed by atoms with Crippen LogP contribution in [0.2, 0.25) is 0 Å². The van der Waals surface area contributed by atoms with Crippen LogP contribution in [0.4, 0.5) is 0 Å². The molecule has 1 aromatic rings. The highest BCUT2D eigenvalue weighted by Crippen LogP contribution is 2.33. The zero-order chi connectivity index (χ0) is 19.3. The topological polar surface area (TPSA) is 85.9 Å². The van der Waals surface area contributed by atoms with Crippen LogP contribution in [0.1, 0.15) is 44.1 Å². The Morgan fingerprint density at radius 1 is 0.929 bits per heavy atom. The van der Waals surface area contributed by atoms with E-state index in [2.05, 4.69) is 10.6 Å². The molecule has 152 valence electrons. The fourth-order valence-electron chi connectivity index (χ4n) is 4.17. The first-order chi connectivity index (χ1) is 13.7. The predicted octanol–water partition coefficient (Wildman–Crippen LogP) is 2.13. The van der Waals surface area contributed by atoms with E-state index in [-0.39, 0.29) is 36.5 Å². The van der Waals surface area contributed by atoms with E-state index in [9.17, 15) is 9.59 Å². The smallest absolute Gasteiger partial charge is 0.231 e. The molecule has 1 unspecified atom stereocenters. The average molecular weight is 388 g/mol. The standard InChI is InChI=1S/C21H28N2O5/c24-20(22-11-14-3-8-18-19(10-14)28-13-27-18)15-4-6-16(7-5-15)21(25)23-12-17-2-1-9-26-17/h3,8,10,15-17H,1-2,4-7,9,11-13H2,(H,22,24)(H,23,25). The molecular formula is C21H28N2O5. The number of hydrogen-bond donors (Lipinski definition) is 2. The van der Waals surface area contributed by atoms with Gasteiger partial charge in [0.25, 0.3) is 0 Å². The van der Waals surface area contributed by atoms with Crippen molar-refractivity contribution in [2.75, 3.05) is 19.9 Å². The van der Waals surface area contributed by atoms with E-state index in [0.29, 0.717) is 13.1 Å². The molecule has 2 aliphatic heterocycles. The summed E-state index contributed by atoms with van der Waals surface area (Å²) in [6.07, 6.45) is 5.31. The highest BCUT2D eigenvalue weighted by molar-refractivity contribution is 5.81. The van der Waals surface area contributed by atoms with Crippen LogP contribution in [-0.4, -0.2) is 37.9 Å².